The van der Waals surface area contributed by atoms with Crippen LogP contribution in [-0.2, 0) is 6.42 Å². The van der Waals surface area contributed by atoms with Crippen molar-refractivity contribution in [1.29, 1.82) is 0 Å². The lowest BCUT2D eigenvalue weighted by molar-refractivity contribution is 0.897. The molecule has 0 amide bonds. The number of allylic oxidation sites excluding steroid dienone is 5. The first-order chi connectivity index (χ1) is 20.8. The minimum Gasteiger partial charge on any atom is -0.312 e. The van der Waals surface area contributed by atoms with E-state index in [-0.39, 0.29) is 5.92 Å². The van der Waals surface area contributed by atoms with Gasteiger partial charge in [0.15, 0.2) is 0 Å². The quantitative estimate of drug-likeness (QED) is 0.120. The van der Waals surface area contributed by atoms with Crippen LogP contribution in [0.5, 0.6) is 0 Å². The number of fused-ring (bicyclic) bond motifs is 2. The zero-order chi connectivity index (χ0) is 28.3. The van der Waals surface area contributed by atoms with Gasteiger partial charge in [-0.2, -0.15) is 0 Å². The summed E-state index contributed by atoms with van der Waals surface area (Å²) >= 11 is 0. The van der Waals surface area contributed by atoms with Gasteiger partial charge in [-0.3, -0.25) is 0 Å². The number of aromatic nitrogens is 4. The molecule has 1 unspecified atom stereocenters. The fourth-order valence-electron chi connectivity index (χ4n) is 5.97. The van der Waals surface area contributed by atoms with Crippen molar-refractivity contribution in [1.82, 2.24) is 17.4 Å². The molecule has 6 heteroatoms. The first-order valence-electron chi connectivity index (χ1n) is 14.2. The third-order valence-electron chi connectivity index (χ3n) is 7.72. The van der Waals surface area contributed by atoms with Crippen LogP contribution in [0, 0.1) is 0 Å². The monoisotopic (exact) mass is 582 g/mol. The molecule has 1 aliphatic carbocycles. The summed E-state index contributed by atoms with van der Waals surface area (Å²) in [6, 6.07) is 33.0. The van der Waals surface area contributed by atoms with E-state index >= 15 is 0 Å². The minimum absolute atomic E-state index is 0.0986. The summed E-state index contributed by atoms with van der Waals surface area (Å²) in [7, 11) is -1.76. The average molecular weight is 583 g/mol. The SMILES string of the molecule is C=C/C=C\C=C(\C1c2ccccc2Cc2c1cccc2P(n1cccc1)n1cccc1)P(n1cccc1)n1cccc1. The van der Waals surface area contributed by atoms with E-state index in [9.17, 15) is 0 Å². The van der Waals surface area contributed by atoms with Gasteiger partial charge >= 0.3 is 0 Å². The Bertz CT molecular complexity index is 1760. The smallest absolute Gasteiger partial charge is 0.136 e. The summed E-state index contributed by atoms with van der Waals surface area (Å²) in [5, 5.41) is 2.76. The molecule has 4 nitrogen and oxygen atoms in total. The van der Waals surface area contributed by atoms with Crippen molar-refractivity contribution in [3.63, 3.8) is 0 Å². The number of benzene rings is 2. The summed E-state index contributed by atoms with van der Waals surface area (Å²) in [6.07, 6.45) is 26.8. The van der Waals surface area contributed by atoms with Gasteiger partial charge in [0.2, 0.25) is 0 Å². The van der Waals surface area contributed by atoms with E-state index in [0.717, 1.165) is 6.42 Å². The zero-order valence-corrected chi connectivity index (χ0v) is 25.1. The summed E-state index contributed by atoms with van der Waals surface area (Å²) in [5.74, 6) is 0.0986. The fourth-order valence-corrected chi connectivity index (χ4v) is 10.5. The van der Waals surface area contributed by atoms with Crippen LogP contribution in [0.3, 0.4) is 0 Å². The van der Waals surface area contributed by atoms with Gasteiger partial charge in [-0.1, -0.05) is 73.3 Å². The normalized spacial score (nSPS) is 14.9. The summed E-state index contributed by atoms with van der Waals surface area (Å²) in [6.45, 7) is 3.94. The van der Waals surface area contributed by atoms with E-state index in [4.69, 9.17) is 0 Å². The molecule has 0 saturated carbocycles. The predicted molar refractivity (Wildman–Crippen MR) is 178 cm³/mol. The number of hydrogen-bond donors (Lipinski definition) is 0. The molecule has 1 aliphatic rings. The van der Waals surface area contributed by atoms with Crippen LogP contribution in [0.25, 0.3) is 0 Å². The summed E-state index contributed by atoms with van der Waals surface area (Å²) in [5.41, 5.74) is 5.61. The largest absolute Gasteiger partial charge is 0.312 e. The fraction of sp³-hybridized carbons (Fsp3) is 0.0556. The molecular weight excluding hydrogens is 550 g/mol. The molecule has 0 saturated heterocycles. The van der Waals surface area contributed by atoms with E-state index in [1.807, 2.05) is 12.2 Å². The van der Waals surface area contributed by atoms with Crippen LogP contribution in [0.15, 0.2) is 177 Å². The number of hydrogen-bond acceptors (Lipinski definition) is 0. The molecule has 0 bridgehead atoms. The molecule has 4 heterocycles. The molecule has 0 radical (unpaired) electrons. The Kier molecular flexibility index (Phi) is 7.49. The molecular formula is C36H32N4P2. The predicted octanol–water partition coefficient (Wildman–Crippen LogP) is 9.00. The van der Waals surface area contributed by atoms with Crippen molar-refractivity contribution >= 4 is 21.8 Å². The Morgan fingerprint density at radius 1 is 0.619 bits per heavy atom. The Morgan fingerprint density at radius 2 is 1.17 bits per heavy atom. The molecule has 42 heavy (non-hydrogen) atoms. The van der Waals surface area contributed by atoms with Crippen LogP contribution in [-0.4, -0.2) is 17.4 Å². The topological polar surface area (TPSA) is 19.7 Å². The average Bonchev–Trinajstić information content (AvgIpc) is 3.86. The molecule has 0 spiro atoms. The van der Waals surface area contributed by atoms with E-state index in [0.29, 0.717) is 0 Å². The Hall–Kier alpha value is -4.36. The van der Waals surface area contributed by atoms with E-state index in [2.05, 4.69) is 177 Å². The van der Waals surface area contributed by atoms with E-state index in [1.165, 1.54) is 32.9 Å². The lowest BCUT2D eigenvalue weighted by Gasteiger charge is -2.36. The summed E-state index contributed by atoms with van der Waals surface area (Å²) < 4.78 is 9.49. The van der Waals surface area contributed by atoms with Crippen molar-refractivity contribution < 1.29 is 0 Å². The maximum atomic E-state index is 3.94. The van der Waals surface area contributed by atoms with Gasteiger partial charge < -0.3 is 17.4 Å². The molecule has 0 N–H and O–H groups in total. The second-order valence-electron chi connectivity index (χ2n) is 10.2. The van der Waals surface area contributed by atoms with Gasteiger partial charge in [0.05, 0.1) is 0 Å². The third-order valence-corrected chi connectivity index (χ3v) is 12.3. The lowest BCUT2D eigenvalue weighted by Crippen LogP contribution is -2.25. The van der Waals surface area contributed by atoms with Crippen LogP contribution < -0.4 is 5.30 Å². The van der Waals surface area contributed by atoms with Crippen LogP contribution in [0.2, 0.25) is 0 Å². The molecule has 206 valence electrons. The molecule has 0 fully saturated rings. The third kappa shape index (κ3) is 4.88. The van der Waals surface area contributed by atoms with Gasteiger partial charge in [-0.15, -0.1) is 0 Å². The van der Waals surface area contributed by atoms with Gasteiger partial charge in [0, 0.05) is 66.1 Å². The first-order valence-corrected chi connectivity index (χ1v) is 16.6. The second-order valence-corrected chi connectivity index (χ2v) is 14.2. The molecule has 4 aromatic heterocycles. The maximum Gasteiger partial charge on any atom is 0.136 e. The number of rotatable bonds is 9. The van der Waals surface area contributed by atoms with Crippen LogP contribution in [0.4, 0.5) is 0 Å². The van der Waals surface area contributed by atoms with E-state index < -0.39 is 16.4 Å². The first kappa shape index (κ1) is 26.5. The van der Waals surface area contributed by atoms with Gasteiger partial charge in [0.25, 0.3) is 0 Å². The molecule has 1 atom stereocenters. The standard InChI is InChI=1S/C36H32N4P2/c1-2-3-4-19-35(42(39-25-11-12-26-39)40-27-13-14-28-40)36-31-17-6-5-16-30(31)29-33-32(36)18-15-20-34(33)41(37-21-7-8-22-37)38-23-9-10-24-38/h2-28,36H,1,29H2/b4-3-,35-19-. The van der Waals surface area contributed by atoms with Crippen molar-refractivity contribution in [3.8, 4) is 0 Å². The van der Waals surface area contributed by atoms with E-state index in [1.54, 1.807) is 0 Å². The molecule has 7 rings (SSSR count). The van der Waals surface area contributed by atoms with Crippen molar-refractivity contribution in [2.75, 3.05) is 0 Å². The molecule has 6 aromatic rings. The zero-order valence-electron chi connectivity index (χ0n) is 23.3. The molecule has 2 aromatic carbocycles. The van der Waals surface area contributed by atoms with Crippen molar-refractivity contribution in [2.24, 2.45) is 0 Å². The maximum absolute atomic E-state index is 3.94. The van der Waals surface area contributed by atoms with Crippen molar-refractivity contribution in [3.05, 3.63) is 199 Å². The second kappa shape index (κ2) is 11.9. The highest BCUT2D eigenvalue weighted by atomic mass is 31.1. The minimum atomic E-state index is -0.922. The molecule has 0 aliphatic heterocycles. The number of nitrogens with zero attached hydrogens (tertiary/aromatic N) is 4. The Balaban J connectivity index is 1.48. The highest BCUT2D eigenvalue weighted by Gasteiger charge is 2.35. The van der Waals surface area contributed by atoms with Crippen LogP contribution >= 0.6 is 16.4 Å². The van der Waals surface area contributed by atoms with Crippen LogP contribution in [0.1, 0.15) is 28.2 Å². The van der Waals surface area contributed by atoms with Gasteiger partial charge in [-0.05, 0) is 77.2 Å². The highest BCUT2D eigenvalue weighted by molar-refractivity contribution is 7.62. The van der Waals surface area contributed by atoms with Gasteiger partial charge in [-0.25, -0.2) is 0 Å². The van der Waals surface area contributed by atoms with Gasteiger partial charge in [0.1, 0.15) is 16.4 Å². The Labute approximate surface area is 249 Å². The van der Waals surface area contributed by atoms with Crippen molar-refractivity contribution in [2.45, 2.75) is 12.3 Å². The Morgan fingerprint density at radius 3 is 1.76 bits per heavy atom. The summed E-state index contributed by atoms with van der Waals surface area (Å²) in [4.78, 5) is 0. The lowest BCUT2D eigenvalue weighted by atomic mass is 9.77. The highest BCUT2D eigenvalue weighted by Crippen LogP contribution is 2.57.